The third-order valence-electron chi connectivity index (χ3n) is 4.40. The normalized spacial score (nSPS) is 20.0. The third-order valence-corrected chi connectivity index (χ3v) is 6.38. The van der Waals surface area contributed by atoms with E-state index in [1.807, 2.05) is 0 Å². The molecule has 11 heteroatoms. The minimum absolute atomic E-state index is 0.00913. The summed E-state index contributed by atoms with van der Waals surface area (Å²) < 4.78 is 14.6. The van der Waals surface area contributed by atoms with Crippen molar-refractivity contribution in [2.75, 3.05) is 18.0 Å². The highest BCUT2D eigenvalue weighted by Gasteiger charge is 2.33. The molecule has 0 aromatic carbocycles. The number of aryl methyl sites for hydroxylation is 2. The van der Waals surface area contributed by atoms with Gasteiger partial charge in [0.25, 0.3) is 5.91 Å². The summed E-state index contributed by atoms with van der Waals surface area (Å²) in [6.45, 7) is 3.80. The molecule has 1 amide bonds. The van der Waals surface area contributed by atoms with E-state index < -0.39 is 24.1 Å². The molecule has 0 bridgehead atoms. The number of thiazole rings is 1. The van der Waals surface area contributed by atoms with E-state index in [-0.39, 0.29) is 28.0 Å². The predicted molar refractivity (Wildman–Crippen MR) is 102 cm³/mol. The van der Waals surface area contributed by atoms with Crippen molar-refractivity contribution < 1.29 is 19.1 Å². The van der Waals surface area contributed by atoms with Gasteiger partial charge in [-0.25, -0.2) is 14.2 Å². The van der Waals surface area contributed by atoms with E-state index in [1.165, 1.54) is 11.3 Å². The number of hydrogen-bond acceptors (Lipinski definition) is 5. The van der Waals surface area contributed by atoms with Gasteiger partial charge in [-0.3, -0.25) is 4.79 Å². The fourth-order valence-corrected chi connectivity index (χ4v) is 4.28. The van der Waals surface area contributed by atoms with Gasteiger partial charge in [0.15, 0.2) is 10.8 Å². The fourth-order valence-electron chi connectivity index (χ4n) is 2.93. The molecule has 1 fully saturated rings. The number of rotatable bonds is 4. The van der Waals surface area contributed by atoms with Gasteiger partial charge in [-0.1, -0.05) is 23.2 Å². The number of H-pyrrole nitrogens is 1. The summed E-state index contributed by atoms with van der Waals surface area (Å²) in [6.07, 6.45) is -0.996. The Morgan fingerprint density at radius 1 is 1.37 bits per heavy atom. The van der Waals surface area contributed by atoms with Crippen LogP contribution in [0.5, 0.6) is 0 Å². The maximum atomic E-state index is 14.6. The van der Waals surface area contributed by atoms with Gasteiger partial charge in [-0.05, 0) is 20.3 Å². The van der Waals surface area contributed by atoms with E-state index in [0.717, 1.165) is 0 Å². The molecule has 0 unspecified atom stereocenters. The van der Waals surface area contributed by atoms with Crippen molar-refractivity contribution in [1.82, 2.24) is 15.3 Å². The second kappa shape index (κ2) is 7.65. The number of aromatic nitrogens is 2. The second-order valence-electron chi connectivity index (χ2n) is 6.29. The Bertz CT molecular complexity index is 901. The first-order chi connectivity index (χ1) is 12.7. The smallest absolute Gasteiger partial charge is 0.355 e. The number of aromatic carboxylic acids is 1. The number of piperidine rings is 1. The van der Waals surface area contributed by atoms with Gasteiger partial charge in [-0.15, -0.1) is 11.3 Å². The lowest BCUT2D eigenvalue weighted by Crippen LogP contribution is -2.52. The lowest BCUT2D eigenvalue weighted by molar-refractivity contribution is 0.0690. The number of hydrogen-bond donors (Lipinski definition) is 3. The number of amides is 1. The molecule has 0 aliphatic carbocycles. The molecule has 27 heavy (non-hydrogen) atoms. The van der Waals surface area contributed by atoms with Gasteiger partial charge in [-0.2, -0.15) is 0 Å². The zero-order chi connectivity index (χ0) is 19.9. The molecule has 2 atom stereocenters. The molecule has 7 nitrogen and oxygen atoms in total. The van der Waals surface area contributed by atoms with Crippen LogP contribution < -0.4 is 10.2 Å². The van der Waals surface area contributed by atoms with Crippen LogP contribution in [0, 0.1) is 13.8 Å². The Morgan fingerprint density at radius 3 is 2.59 bits per heavy atom. The lowest BCUT2D eigenvalue weighted by Gasteiger charge is -2.34. The standard InChI is InChI=1S/C16H17Cl2FN4O3S/c1-6-10(17)11(18)13(20-6)14(24)21-9-3-4-23(5-8(9)19)16-22-12(15(25)26)7(2)27-16/h8-9,20H,3-5H2,1-2H3,(H,21,24)(H,25,26)/t8-,9+/m0/s1. The van der Waals surface area contributed by atoms with Crippen LogP contribution in [-0.4, -0.2) is 52.3 Å². The molecular formula is C16H17Cl2FN4O3S. The van der Waals surface area contributed by atoms with Crippen LogP contribution in [0.4, 0.5) is 9.52 Å². The third kappa shape index (κ3) is 3.90. The number of nitrogens with one attached hydrogen (secondary N) is 2. The molecule has 1 aliphatic rings. The molecule has 1 aliphatic heterocycles. The van der Waals surface area contributed by atoms with Gasteiger partial charge in [0.1, 0.15) is 11.9 Å². The van der Waals surface area contributed by atoms with Gasteiger partial charge >= 0.3 is 5.97 Å². The summed E-state index contributed by atoms with van der Waals surface area (Å²) >= 11 is 13.2. The summed E-state index contributed by atoms with van der Waals surface area (Å²) in [7, 11) is 0. The number of halogens is 3. The van der Waals surface area contributed by atoms with E-state index in [1.54, 1.807) is 18.7 Å². The van der Waals surface area contributed by atoms with Crippen molar-refractivity contribution in [1.29, 1.82) is 0 Å². The van der Waals surface area contributed by atoms with Crippen molar-refractivity contribution >= 4 is 51.5 Å². The molecule has 0 radical (unpaired) electrons. The Kier molecular flexibility index (Phi) is 5.64. The van der Waals surface area contributed by atoms with Crippen molar-refractivity contribution in [3.05, 3.63) is 32.0 Å². The highest BCUT2D eigenvalue weighted by atomic mass is 35.5. The van der Waals surface area contributed by atoms with Crippen LogP contribution in [0.3, 0.4) is 0 Å². The Balaban J connectivity index is 1.66. The number of carbonyl (C=O) groups excluding carboxylic acids is 1. The minimum Gasteiger partial charge on any atom is -0.476 e. The monoisotopic (exact) mass is 434 g/mol. The maximum absolute atomic E-state index is 14.6. The Morgan fingerprint density at radius 2 is 2.07 bits per heavy atom. The molecule has 3 heterocycles. The molecule has 146 valence electrons. The SMILES string of the molecule is Cc1[nH]c(C(=O)N[C@@H]2CCN(c3nc(C(=O)O)c(C)s3)C[C@@H]2F)c(Cl)c1Cl. The number of alkyl halides is 1. The van der Waals surface area contributed by atoms with Crippen molar-refractivity contribution in [3.8, 4) is 0 Å². The molecule has 1 saturated heterocycles. The van der Waals surface area contributed by atoms with Gasteiger partial charge < -0.3 is 20.3 Å². The number of carboxylic acid groups (broad SMARTS) is 1. The van der Waals surface area contributed by atoms with E-state index in [9.17, 15) is 14.0 Å². The van der Waals surface area contributed by atoms with Gasteiger partial charge in [0.2, 0.25) is 0 Å². The fraction of sp³-hybridized carbons (Fsp3) is 0.438. The number of anilines is 1. The van der Waals surface area contributed by atoms with Crippen LogP contribution in [0.25, 0.3) is 0 Å². The molecule has 0 saturated carbocycles. The topological polar surface area (TPSA) is 98.3 Å². The van der Waals surface area contributed by atoms with Crippen molar-refractivity contribution in [2.45, 2.75) is 32.5 Å². The molecule has 2 aromatic rings. The zero-order valence-corrected chi connectivity index (χ0v) is 16.8. The quantitative estimate of drug-likeness (QED) is 0.684. The van der Waals surface area contributed by atoms with Gasteiger partial charge in [0, 0.05) is 17.1 Å². The largest absolute Gasteiger partial charge is 0.476 e. The van der Waals surface area contributed by atoms with E-state index >= 15 is 0 Å². The average Bonchev–Trinajstić information content (AvgIpc) is 3.12. The van der Waals surface area contributed by atoms with E-state index in [0.29, 0.717) is 28.7 Å². The van der Waals surface area contributed by atoms with Crippen molar-refractivity contribution in [3.63, 3.8) is 0 Å². The first-order valence-electron chi connectivity index (χ1n) is 8.13. The highest BCUT2D eigenvalue weighted by Crippen LogP contribution is 2.31. The summed E-state index contributed by atoms with van der Waals surface area (Å²) in [5.41, 5.74) is 0.650. The number of aromatic amines is 1. The minimum atomic E-state index is -1.34. The van der Waals surface area contributed by atoms with Crippen LogP contribution in [0.2, 0.25) is 10.0 Å². The average molecular weight is 435 g/mol. The Labute approximate surface area is 168 Å². The van der Waals surface area contributed by atoms with Crippen LogP contribution >= 0.6 is 34.5 Å². The van der Waals surface area contributed by atoms with Crippen molar-refractivity contribution in [2.24, 2.45) is 0 Å². The highest BCUT2D eigenvalue weighted by molar-refractivity contribution is 7.15. The van der Waals surface area contributed by atoms with E-state index in [2.05, 4.69) is 15.3 Å². The zero-order valence-electron chi connectivity index (χ0n) is 14.5. The summed E-state index contributed by atoms with van der Waals surface area (Å²) in [4.78, 5) is 32.6. The molecule has 3 rings (SSSR count). The predicted octanol–water partition coefficient (Wildman–Crippen LogP) is 3.44. The number of carboxylic acids is 1. The molecule has 2 aromatic heterocycles. The number of nitrogens with zero attached hydrogens (tertiary/aromatic N) is 2. The van der Waals surface area contributed by atoms with E-state index in [4.69, 9.17) is 28.3 Å². The lowest BCUT2D eigenvalue weighted by atomic mass is 10.0. The second-order valence-corrected chi connectivity index (χ2v) is 8.23. The first kappa shape index (κ1) is 19.9. The molecule has 3 N–H and O–H groups in total. The van der Waals surface area contributed by atoms with Crippen LogP contribution in [-0.2, 0) is 0 Å². The molecule has 0 spiro atoms. The first-order valence-corrected chi connectivity index (χ1v) is 9.70. The van der Waals surface area contributed by atoms with Crippen LogP contribution in [0.15, 0.2) is 0 Å². The summed E-state index contributed by atoms with van der Waals surface area (Å²) in [6, 6.07) is -0.688. The molecular weight excluding hydrogens is 418 g/mol. The maximum Gasteiger partial charge on any atom is 0.355 e. The van der Waals surface area contributed by atoms with Crippen LogP contribution in [0.1, 0.15) is 38.0 Å². The summed E-state index contributed by atoms with van der Waals surface area (Å²) in [5.74, 6) is -1.62. The summed E-state index contributed by atoms with van der Waals surface area (Å²) in [5, 5.41) is 12.6. The Hall–Kier alpha value is -1.84. The van der Waals surface area contributed by atoms with Gasteiger partial charge in [0.05, 0.1) is 22.6 Å². The number of carbonyl (C=O) groups is 2.